The van der Waals surface area contributed by atoms with Crippen LogP contribution in [0, 0.1) is 0 Å². The van der Waals surface area contributed by atoms with E-state index < -0.39 is 5.60 Å². The van der Waals surface area contributed by atoms with Crippen LogP contribution in [0.1, 0.15) is 32.3 Å². The van der Waals surface area contributed by atoms with Crippen molar-refractivity contribution in [1.29, 1.82) is 0 Å². The van der Waals surface area contributed by atoms with Crippen molar-refractivity contribution in [2.45, 2.75) is 38.8 Å². The molecule has 0 bridgehead atoms. The average molecular weight is 363 g/mol. The molecule has 134 valence electrons. The Morgan fingerprint density at radius 1 is 1.28 bits per heavy atom. The highest BCUT2D eigenvalue weighted by molar-refractivity contribution is 6.30. The van der Waals surface area contributed by atoms with Gasteiger partial charge in [-0.1, -0.05) is 30.7 Å². The van der Waals surface area contributed by atoms with E-state index in [1.807, 2.05) is 12.1 Å². The fourth-order valence-electron chi connectivity index (χ4n) is 3.58. The molecule has 2 heterocycles. The van der Waals surface area contributed by atoms with Gasteiger partial charge < -0.3 is 15.0 Å². The molecule has 6 heteroatoms. The maximum atomic E-state index is 12.8. The predicted octanol–water partition coefficient (Wildman–Crippen LogP) is 2.68. The summed E-state index contributed by atoms with van der Waals surface area (Å²) in [5.74, 6) is -0.593. The van der Waals surface area contributed by atoms with E-state index in [9.17, 15) is 9.59 Å². The number of ether oxygens (including phenoxy) is 1. The zero-order valence-corrected chi connectivity index (χ0v) is 15.4. The molecule has 0 aliphatic carbocycles. The third-order valence-electron chi connectivity index (χ3n) is 5.13. The summed E-state index contributed by atoms with van der Waals surface area (Å²) in [6.07, 6.45) is 1.32. The highest BCUT2D eigenvalue weighted by Crippen LogP contribution is 2.41. The SMILES string of the molecule is CCN1CCC2(CC1)OC(=O)C(C)=C2C(=O)NCc1ccc(Cl)cc1. The van der Waals surface area contributed by atoms with Gasteiger partial charge in [0.2, 0.25) is 0 Å². The molecule has 25 heavy (non-hydrogen) atoms. The Kier molecular flexibility index (Phi) is 5.16. The molecule has 1 aromatic rings. The summed E-state index contributed by atoms with van der Waals surface area (Å²) >= 11 is 5.88. The fourth-order valence-corrected chi connectivity index (χ4v) is 3.71. The smallest absolute Gasteiger partial charge is 0.335 e. The molecule has 1 spiro atoms. The number of nitrogens with zero attached hydrogens (tertiary/aromatic N) is 1. The zero-order chi connectivity index (χ0) is 18.0. The van der Waals surface area contributed by atoms with Gasteiger partial charge in [0.15, 0.2) is 0 Å². The van der Waals surface area contributed by atoms with Crippen LogP contribution in [-0.2, 0) is 20.9 Å². The highest BCUT2D eigenvalue weighted by Gasteiger charge is 2.50. The number of carbonyl (C=O) groups excluding carboxylic acids is 2. The Balaban J connectivity index is 1.74. The standard InChI is InChI=1S/C19H23ClN2O3/c1-3-22-10-8-19(9-11-22)16(13(2)18(24)25-19)17(23)21-12-14-4-6-15(20)7-5-14/h4-7H,3,8-12H2,1-2H3,(H,21,23). The van der Waals surface area contributed by atoms with E-state index in [1.165, 1.54) is 0 Å². The number of hydrogen-bond acceptors (Lipinski definition) is 4. The van der Waals surface area contributed by atoms with Gasteiger partial charge in [-0.2, -0.15) is 0 Å². The molecule has 1 aromatic carbocycles. The summed E-state index contributed by atoms with van der Waals surface area (Å²) in [6, 6.07) is 7.32. The molecule has 5 nitrogen and oxygen atoms in total. The molecule has 0 atom stereocenters. The van der Waals surface area contributed by atoms with Crippen molar-refractivity contribution in [2.24, 2.45) is 0 Å². The number of rotatable bonds is 4. The van der Waals surface area contributed by atoms with Crippen molar-refractivity contribution in [3.63, 3.8) is 0 Å². The number of carbonyl (C=O) groups is 2. The predicted molar refractivity (Wildman–Crippen MR) is 96.2 cm³/mol. The maximum Gasteiger partial charge on any atom is 0.335 e. The van der Waals surface area contributed by atoms with Gasteiger partial charge >= 0.3 is 5.97 Å². The first-order valence-electron chi connectivity index (χ1n) is 8.65. The largest absolute Gasteiger partial charge is 0.450 e. The van der Waals surface area contributed by atoms with Crippen LogP contribution in [0.3, 0.4) is 0 Å². The van der Waals surface area contributed by atoms with Crippen LogP contribution in [-0.4, -0.2) is 42.0 Å². The van der Waals surface area contributed by atoms with Crippen LogP contribution in [0.2, 0.25) is 5.02 Å². The molecule has 1 N–H and O–H groups in total. The summed E-state index contributed by atoms with van der Waals surface area (Å²) in [7, 11) is 0. The maximum absolute atomic E-state index is 12.8. The minimum absolute atomic E-state index is 0.219. The second-order valence-corrected chi connectivity index (χ2v) is 7.06. The van der Waals surface area contributed by atoms with Gasteiger partial charge in [0.25, 0.3) is 5.91 Å². The summed E-state index contributed by atoms with van der Waals surface area (Å²) in [5, 5.41) is 3.58. The molecular formula is C19H23ClN2O3. The normalized spacial score (nSPS) is 20.0. The minimum atomic E-state index is -0.767. The molecule has 0 unspecified atom stereocenters. The van der Waals surface area contributed by atoms with Gasteiger partial charge in [-0.05, 0) is 31.2 Å². The Morgan fingerprint density at radius 2 is 1.92 bits per heavy atom. The molecule has 1 amide bonds. The lowest BCUT2D eigenvalue weighted by molar-refractivity contribution is -0.150. The Morgan fingerprint density at radius 3 is 2.52 bits per heavy atom. The topological polar surface area (TPSA) is 58.6 Å². The van der Waals surface area contributed by atoms with Crippen molar-refractivity contribution < 1.29 is 14.3 Å². The number of hydrogen-bond donors (Lipinski definition) is 1. The third kappa shape index (κ3) is 3.58. The van der Waals surface area contributed by atoms with Crippen molar-refractivity contribution >= 4 is 23.5 Å². The summed E-state index contributed by atoms with van der Waals surface area (Å²) < 4.78 is 5.68. The average Bonchev–Trinajstić information content (AvgIpc) is 2.85. The summed E-state index contributed by atoms with van der Waals surface area (Å²) in [4.78, 5) is 27.3. The molecule has 0 radical (unpaired) electrons. The zero-order valence-electron chi connectivity index (χ0n) is 14.6. The van der Waals surface area contributed by atoms with E-state index in [0.29, 0.717) is 35.6 Å². The van der Waals surface area contributed by atoms with Crippen molar-refractivity contribution in [2.75, 3.05) is 19.6 Å². The highest BCUT2D eigenvalue weighted by atomic mass is 35.5. The Bertz CT molecular complexity index is 704. The Labute approximate surface area is 153 Å². The van der Waals surface area contributed by atoms with E-state index >= 15 is 0 Å². The molecule has 1 saturated heterocycles. The number of amides is 1. The summed E-state index contributed by atoms with van der Waals surface area (Å²) in [6.45, 7) is 6.79. The lowest BCUT2D eigenvalue weighted by atomic mass is 9.82. The van der Waals surface area contributed by atoms with E-state index in [4.69, 9.17) is 16.3 Å². The van der Waals surface area contributed by atoms with E-state index in [0.717, 1.165) is 25.2 Å². The minimum Gasteiger partial charge on any atom is -0.450 e. The number of likely N-dealkylation sites (tertiary alicyclic amines) is 1. The van der Waals surface area contributed by atoms with Crippen LogP contribution in [0.4, 0.5) is 0 Å². The van der Waals surface area contributed by atoms with Gasteiger partial charge in [0.05, 0.1) is 5.57 Å². The van der Waals surface area contributed by atoms with Gasteiger partial charge in [0, 0.05) is 43.1 Å². The second-order valence-electron chi connectivity index (χ2n) is 6.63. The molecule has 2 aliphatic rings. The van der Waals surface area contributed by atoms with E-state index in [-0.39, 0.29) is 11.9 Å². The third-order valence-corrected chi connectivity index (χ3v) is 5.38. The number of halogens is 1. The van der Waals surface area contributed by atoms with Gasteiger partial charge in [-0.3, -0.25) is 4.79 Å². The summed E-state index contributed by atoms with van der Waals surface area (Å²) in [5.41, 5.74) is 1.12. The molecule has 3 rings (SSSR count). The van der Waals surface area contributed by atoms with Crippen LogP contribution in [0.15, 0.2) is 35.4 Å². The van der Waals surface area contributed by atoms with Crippen LogP contribution in [0.25, 0.3) is 0 Å². The van der Waals surface area contributed by atoms with Crippen LogP contribution < -0.4 is 5.32 Å². The first kappa shape index (κ1) is 18.0. The van der Waals surface area contributed by atoms with Gasteiger partial charge in [0.1, 0.15) is 5.60 Å². The van der Waals surface area contributed by atoms with Crippen LogP contribution in [0.5, 0.6) is 0 Å². The fraction of sp³-hybridized carbons (Fsp3) is 0.474. The van der Waals surface area contributed by atoms with Crippen LogP contribution >= 0.6 is 11.6 Å². The van der Waals surface area contributed by atoms with Crippen molar-refractivity contribution in [3.05, 3.63) is 46.0 Å². The quantitative estimate of drug-likeness (QED) is 0.837. The lowest BCUT2D eigenvalue weighted by Crippen LogP contribution is -2.48. The molecular weight excluding hydrogens is 340 g/mol. The molecule has 0 aromatic heterocycles. The monoisotopic (exact) mass is 362 g/mol. The molecule has 1 fully saturated rings. The number of nitrogens with one attached hydrogen (secondary N) is 1. The first-order chi connectivity index (χ1) is 11.9. The van der Waals surface area contributed by atoms with Gasteiger partial charge in [-0.25, -0.2) is 4.79 Å². The second kappa shape index (κ2) is 7.18. The first-order valence-corrected chi connectivity index (χ1v) is 9.02. The van der Waals surface area contributed by atoms with E-state index in [2.05, 4.69) is 17.1 Å². The number of piperidine rings is 1. The number of esters is 1. The molecule has 2 aliphatic heterocycles. The molecule has 0 saturated carbocycles. The van der Waals surface area contributed by atoms with E-state index in [1.54, 1.807) is 19.1 Å². The Hall–Kier alpha value is -1.85. The van der Waals surface area contributed by atoms with Crippen molar-refractivity contribution in [3.8, 4) is 0 Å². The van der Waals surface area contributed by atoms with Crippen molar-refractivity contribution in [1.82, 2.24) is 10.2 Å². The number of benzene rings is 1. The van der Waals surface area contributed by atoms with Gasteiger partial charge in [-0.15, -0.1) is 0 Å². The lowest BCUT2D eigenvalue weighted by Gasteiger charge is -2.39.